The summed E-state index contributed by atoms with van der Waals surface area (Å²) in [4.78, 5) is 26.2. The summed E-state index contributed by atoms with van der Waals surface area (Å²) in [7, 11) is 1.61. The lowest BCUT2D eigenvalue weighted by Gasteiger charge is -2.39. The zero-order chi connectivity index (χ0) is 18.7. The molecule has 1 aliphatic heterocycles. The Hall–Kier alpha value is -2.36. The van der Waals surface area contributed by atoms with Crippen LogP contribution in [0.15, 0.2) is 36.4 Å². The molecule has 0 radical (unpaired) electrons. The number of nitrogens with zero attached hydrogens (tertiary/aromatic N) is 1. The van der Waals surface area contributed by atoms with Crippen molar-refractivity contribution in [1.29, 1.82) is 0 Å². The molecule has 1 unspecified atom stereocenters. The molecule has 1 fully saturated rings. The van der Waals surface area contributed by atoms with E-state index in [1.54, 1.807) is 11.9 Å². The molecule has 3 rings (SSSR count). The van der Waals surface area contributed by atoms with Crippen LogP contribution < -0.4 is 5.32 Å². The SMILES string of the molecule is CCCC(CC)c1ccc2cc(C(=O)N3CC[C@H]3C(=O)NC)ccc2c1. The fraction of sp³-hybridized carbons (Fsp3) is 0.455. The summed E-state index contributed by atoms with van der Waals surface area (Å²) in [5, 5.41) is 4.87. The van der Waals surface area contributed by atoms with E-state index >= 15 is 0 Å². The van der Waals surface area contributed by atoms with Gasteiger partial charge in [-0.25, -0.2) is 0 Å². The smallest absolute Gasteiger partial charge is 0.254 e. The number of hydrogen-bond acceptors (Lipinski definition) is 2. The molecular formula is C22H28N2O2. The van der Waals surface area contributed by atoms with Crippen LogP contribution in [0, 0.1) is 0 Å². The fourth-order valence-electron chi connectivity index (χ4n) is 3.84. The lowest BCUT2D eigenvalue weighted by molar-refractivity contribution is -0.128. The Morgan fingerprint density at radius 2 is 1.88 bits per heavy atom. The lowest BCUT2D eigenvalue weighted by atomic mass is 9.90. The van der Waals surface area contributed by atoms with Crippen molar-refractivity contribution in [3.63, 3.8) is 0 Å². The second-order valence-electron chi connectivity index (χ2n) is 7.13. The first-order valence-corrected chi connectivity index (χ1v) is 9.65. The summed E-state index contributed by atoms with van der Waals surface area (Å²) in [6.45, 7) is 5.11. The minimum atomic E-state index is -0.329. The molecule has 1 aliphatic rings. The van der Waals surface area contributed by atoms with Gasteiger partial charge in [0.1, 0.15) is 6.04 Å². The van der Waals surface area contributed by atoms with Gasteiger partial charge >= 0.3 is 0 Å². The van der Waals surface area contributed by atoms with E-state index in [-0.39, 0.29) is 17.9 Å². The van der Waals surface area contributed by atoms with Gasteiger partial charge in [-0.1, -0.05) is 44.5 Å². The van der Waals surface area contributed by atoms with Crippen LogP contribution in [-0.4, -0.2) is 36.3 Å². The van der Waals surface area contributed by atoms with Gasteiger partial charge < -0.3 is 10.2 Å². The number of fused-ring (bicyclic) bond motifs is 1. The van der Waals surface area contributed by atoms with Crippen LogP contribution in [0.4, 0.5) is 0 Å². The molecule has 26 heavy (non-hydrogen) atoms. The summed E-state index contributed by atoms with van der Waals surface area (Å²) in [6.07, 6.45) is 4.27. The first kappa shape index (κ1) is 18.4. The zero-order valence-electron chi connectivity index (χ0n) is 15.9. The van der Waals surface area contributed by atoms with E-state index < -0.39 is 0 Å². The minimum absolute atomic E-state index is 0.0618. The largest absolute Gasteiger partial charge is 0.357 e. The third kappa shape index (κ3) is 3.46. The fourth-order valence-corrected chi connectivity index (χ4v) is 3.84. The maximum absolute atomic E-state index is 12.8. The molecule has 2 amide bonds. The van der Waals surface area contributed by atoms with E-state index in [1.807, 2.05) is 18.2 Å². The Balaban J connectivity index is 1.83. The standard InChI is InChI=1S/C22H28N2O2/c1-4-6-15(5-2)16-7-8-18-14-19(10-9-17(18)13-16)22(26)24-12-11-20(24)21(25)23-3/h7-10,13-15,20H,4-6,11-12H2,1-3H3,(H,23,25)/t15?,20-/m0/s1. The molecule has 0 aliphatic carbocycles. The van der Waals surface area contributed by atoms with Crippen LogP contribution in [0.5, 0.6) is 0 Å². The van der Waals surface area contributed by atoms with Gasteiger partial charge in [0.05, 0.1) is 0 Å². The molecule has 138 valence electrons. The van der Waals surface area contributed by atoms with Gasteiger partial charge in [0.25, 0.3) is 5.91 Å². The number of benzene rings is 2. The highest BCUT2D eigenvalue weighted by Crippen LogP contribution is 2.29. The Bertz CT molecular complexity index is 815. The summed E-state index contributed by atoms with van der Waals surface area (Å²) in [5.74, 6) is 0.449. The van der Waals surface area contributed by atoms with Crippen molar-refractivity contribution in [2.75, 3.05) is 13.6 Å². The molecule has 0 spiro atoms. The molecular weight excluding hydrogens is 324 g/mol. The van der Waals surface area contributed by atoms with Gasteiger partial charge in [-0.2, -0.15) is 0 Å². The van der Waals surface area contributed by atoms with Crippen molar-refractivity contribution in [3.05, 3.63) is 47.5 Å². The minimum Gasteiger partial charge on any atom is -0.357 e. The van der Waals surface area contributed by atoms with E-state index in [9.17, 15) is 9.59 Å². The number of rotatable bonds is 6. The number of likely N-dealkylation sites (tertiary alicyclic amines) is 1. The van der Waals surface area contributed by atoms with Crippen molar-refractivity contribution in [2.45, 2.75) is 51.5 Å². The number of carbonyl (C=O) groups is 2. The third-order valence-corrected chi connectivity index (χ3v) is 5.54. The summed E-state index contributed by atoms with van der Waals surface area (Å²) >= 11 is 0. The molecule has 0 saturated carbocycles. The number of hydrogen-bond donors (Lipinski definition) is 1. The molecule has 4 heteroatoms. The molecule has 1 heterocycles. The van der Waals surface area contributed by atoms with Crippen LogP contribution >= 0.6 is 0 Å². The number of nitrogens with one attached hydrogen (secondary N) is 1. The van der Waals surface area contributed by atoms with Gasteiger partial charge in [0.2, 0.25) is 5.91 Å². The van der Waals surface area contributed by atoms with Gasteiger partial charge in [-0.15, -0.1) is 0 Å². The predicted octanol–water partition coefficient (Wildman–Crippen LogP) is 4.09. The number of carbonyl (C=O) groups excluding carboxylic acids is 2. The molecule has 2 aromatic rings. The molecule has 2 aromatic carbocycles. The average Bonchev–Trinajstić information content (AvgIpc) is 2.64. The maximum atomic E-state index is 12.8. The number of amides is 2. The molecule has 4 nitrogen and oxygen atoms in total. The van der Waals surface area contributed by atoms with Crippen LogP contribution in [0.2, 0.25) is 0 Å². The van der Waals surface area contributed by atoms with Gasteiger partial charge in [-0.3, -0.25) is 9.59 Å². The average molecular weight is 352 g/mol. The zero-order valence-corrected chi connectivity index (χ0v) is 15.9. The Labute approximate surface area is 155 Å². The van der Waals surface area contributed by atoms with Crippen LogP contribution in [0.3, 0.4) is 0 Å². The predicted molar refractivity (Wildman–Crippen MR) is 105 cm³/mol. The van der Waals surface area contributed by atoms with Gasteiger partial charge in [0.15, 0.2) is 0 Å². The Kier molecular flexibility index (Phi) is 5.60. The molecule has 0 bridgehead atoms. The second-order valence-corrected chi connectivity index (χ2v) is 7.13. The highest BCUT2D eigenvalue weighted by molar-refractivity contribution is 6.01. The summed E-state index contributed by atoms with van der Waals surface area (Å²) in [5.41, 5.74) is 2.03. The van der Waals surface area contributed by atoms with Crippen molar-refractivity contribution in [3.8, 4) is 0 Å². The van der Waals surface area contributed by atoms with Gasteiger partial charge in [-0.05, 0) is 53.6 Å². The molecule has 1 saturated heterocycles. The van der Waals surface area contributed by atoms with Crippen molar-refractivity contribution in [2.24, 2.45) is 0 Å². The van der Waals surface area contributed by atoms with E-state index in [4.69, 9.17) is 0 Å². The first-order chi connectivity index (χ1) is 12.6. The van der Waals surface area contributed by atoms with Crippen molar-refractivity contribution >= 4 is 22.6 Å². The van der Waals surface area contributed by atoms with E-state index in [0.29, 0.717) is 18.0 Å². The van der Waals surface area contributed by atoms with Crippen molar-refractivity contribution in [1.82, 2.24) is 10.2 Å². The Morgan fingerprint density at radius 1 is 1.15 bits per heavy atom. The monoisotopic (exact) mass is 352 g/mol. The van der Waals surface area contributed by atoms with E-state index in [0.717, 1.165) is 18.2 Å². The highest BCUT2D eigenvalue weighted by Gasteiger charge is 2.37. The third-order valence-electron chi connectivity index (χ3n) is 5.54. The molecule has 0 aromatic heterocycles. The highest BCUT2D eigenvalue weighted by atomic mass is 16.2. The van der Waals surface area contributed by atoms with Crippen molar-refractivity contribution < 1.29 is 9.59 Å². The Morgan fingerprint density at radius 3 is 2.50 bits per heavy atom. The normalized spacial score (nSPS) is 17.7. The summed E-state index contributed by atoms with van der Waals surface area (Å²) < 4.78 is 0. The lowest BCUT2D eigenvalue weighted by Crippen LogP contribution is -2.57. The van der Waals surface area contributed by atoms with Crippen LogP contribution in [0.25, 0.3) is 10.8 Å². The quantitative estimate of drug-likeness (QED) is 0.851. The van der Waals surface area contributed by atoms with E-state index in [2.05, 4.69) is 37.4 Å². The maximum Gasteiger partial charge on any atom is 0.254 e. The van der Waals surface area contributed by atoms with Gasteiger partial charge in [0, 0.05) is 19.2 Å². The summed E-state index contributed by atoms with van der Waals surface area (Å²) in [6, 6.07) is 12.1. The van der Waals surface area contributed by atoms with Crippen LogP contribution in [-0.2, 0) is 4.79 Å². The molecule has 1 N–H and O–H groups in total. The second kappa shape index (κ2) is 7.90. The number of likely N-dealkylation sites (N-methyl/N-ethyl adjacent to an activating group) is 1. The topological polar surface area (TPSA) is 49.4 Å². The van der Waals surface area contributed by atoms with Crippen LogP contribution in [0.1, 0.15) is 61.4 Å². The first-order valence-electron chi connectivity index (χ1n) is 9.65. The molecule has 2 atom stereocenters. The van der Waals surface area contributed by atoms with E-state index in [1.165, 1.54) is 23.8 Å².